The summed E-state index contributed by atoms with van der Waals surface area (Å²) in [6, 6.07) is 11.3. The first-order valence-electron chi connectivity index (χ1n) is 7.67. The number of rotatable bonds is 7. The molecule has 0 spiro atoms. The molecule has 0 amide bonds. The van der Waals surface area contributed by atoms with Crippen molar-refractivity contribution in [3.8, 4) is 0 Å². The number of aromatic nitrogens is 2. The first kappa shape index (κ1) is 13.4. The fraction of sp³-hybridized carbons (Fsp3) is 0.471. The number of nitrogens with zero attached hydrogens (tertiary/aromatic N) is 2. The summed E-state index contributed by atoms with van der Waals surface area (Å²) in [6.07, 6.45) is 6.98. The molecule has 20 heavy (non-hydrogen) atoms. The van der Waals surface area contributed by atoms with Gasteiger partial charge < -0.3 is 5.32 Å². The van der Waals surface area contributed by atoms with E-state index in [9.17, 15) is 0 Å². The van der Waals surface area contributed by atoms with Gasteiger partial charge >= 0.3 is 0 Å². The lowest BCUT2D eigenvalue weighted by molar-refractivity contribution is 0.626. The zero-order chi connectivity index (χ0) is 13.8. The van der Waals surface area contributed by atoms with E-state index < -0.39 is 0 Å². The van der Waals surface area contributed by atoms with Crippen molar-refractivity contribution in [1.82, 2.24) is 15.1 Å². The molecule has 3 nitrogen and oxygen atoms in total. The second-order valence-electron chi connectivity index (χ2n) is 5.66. The molecule has 1 saturated carbocycles. The van der Waals surface area contributed by atoms with Crippen LogP contribution in [-0.2, 0) is 19.5 Å². The summed E-state index contributed by atoms with van der Waals surface area (Å²) >= 11 is 0. The Morgan fingerprint density at radius 2 is 2.05 bits per heavy atom. The average Bonchev–Trinajstić information content (AvgIpc) is 3.23. The van der Waals surface area contributed by atoms with Crippen LogP contribution in [0.15, 0.2) is 36.5 Å². The molecule has 1 fully saturated rings. The fourth-order valence-electron chi connectivity index (χ4n) is 2.56. The molecule has 1 N–H and O–H groups in total. The van der Waals surface area contributed by atoms with Crippen molar-refractivity contribution in [3.05, 3.63) is 53.3 Å². The Balaban J connectivity index is 1.74. The second-order valence-corrected chi connectivity index (χ2v) is 5.66. The van der Waals surface area contributed by atoms with Crippen LogP contribution >= 0.6 is 0 Å². The van der Waals surface area contributed by atoms with E-state index >= 15 is 0 Å². The summed E-state index contributed by atoms with van der Waals surface area (Å²) in [5.41, 5.74) is 4.08. The lowest BCUT2D eigenvalue weighted by Gasteiger charge is -2.09. The predicted octanol–water partition coefficient (Wildman–Crippen LogP) is 3.14. The minimum Gasteiger partial charge on any atom is -0.310 e. The molecular formula is C17H23N3. The Morgan fingerprint density at radius 1 is 1.25 bits per heavy atom. The van der Waals surface area contributed by atoms with Gasteiger partial charge in [-0.2, -0.15) is 5.10 Å². The van der Waals surface area contributed by atoms with Crippen molar-refractivity contribution >= 4 is 0 Å². The van der Waals surface area contributed by atoms with Crippen LogP contribution in [0.1, 0.15) is 43.0 Å². The third-order valence-electron chi connectivity index (χ3n) is 3.86. The molecule has 3 heteroatoms. The van der Waals surface area contributed by atoms with E-state index in [1.165, 1.54) is 29.7 Å². The summed E-state index contributed by atoms with van der Waals surface area (Å²) in [5, 5.41) is 8.20. The first-order valence-corrected chi connectivity index (χ1v) is 7.67. The number of hydrogen-bond donors (Lipinski definition) is 1. The molecule has 0 radical (unpaired) electrons. The average molecular weight is 269 g/mol. The van der Waals surface area contributed by atoms with Gasteiger partial charge in [0, 0.05) is 23.8 Å². The van der Waals surface area contributed by atoms with Gasteiger partial charge in [0.1, 0.15) is 0 Å². The smallest absolute Gasteiger partial charge is 0.0662 e. The van der Waals surface area contributed by atoms with Crippen molar-refractivity contribution in [2.24, 2.45) is 0 Å². The van der Waals surface area contributed by atoms with E-state index in [4.69, 9.17) is 0 Å². The number of nitrogens with one attached hydrogen (secondary N) is 1. The first-order chi connectivity index (χ1) is 9.86. The van der Waals surface area contributed by atoms with Crippen molar-refractivity contribution in [2.75, 3.05) is 0 Å². The van der Waals surface area contributed by atoms with Gasteiger partial charge in [-0.25, -0.2) is 0 Å². The van der Waals surface area contributed by atoms with Crippen LogP contribution in [0.2, 0.25) is 0 Å². The summed E-state index contributed by atoms with van der Waals surface area (Å²) in [5.74, 6) is 0. The summed E-state index contributed by atoms with van der Waals surface area (Å²) < 4.78 is 2.17. The van der Waals surface area contributed by atoms with E-state index in [1.807, 2.05) is 6.20 Å². The number of hydrogen-bond acceptors (Lipinski definition) is 2. The van der Waals surface area contributed by atoms with Crippen LogP contribution in [0.25, 0.3) is 0 Å². The van der Waals surface area contributed by atoms with Crippen LogP contribution in [0, 0.1) is 0 Å². The molecule has 1 aromatic heterocycles. The van der Waals surface area contributed by atoms with Gasteiger partial charge in [-0.1, -0.05) is 43.7 Å². The van der Waals surface area contributed by atoms with Crippen LogP contribution < -0.4 is 5.32 Å². The minimum atomic E-state index is 0.752. The Kier molecular flexibility index (Phi) is 4.16. The molecule has 1 aliphatic carbocycles. The SMILES string of the molecule is CCCc1c(CNC2CC2)cnn1Cc1ccccc1. The summed E-state index contributed by atoms with van der Waals surface area (Å²) in [4.78, 5) is 0. The summed E-state index contributed by atoms with van der Waals surface area (Å²) in [7, 11) is 0. The maximum absolute atomic E-state index is 4.61. The monoisotopic (exact) mass is 269 g/mol. The minimum absolute atomic E-state index is 0.752. The zero-order valence-electron chi connectivity index (χ0n) is 12.2. The highest BCUT2D eigenvalue weighted by Gasteiger charge is 2.21. The Bertz CT molecular complexity index is 541. The van der Waals surface area contributed by atoms with E-state index in [-0.39, 0.29) is 0 Å². The lowest BCUT2D eigenvalue weighted by Crippen LogP contribution is -2.16. The quantitative estimate of drug-likeness (QED) is 0.837. The maximum Gasteiger partial charge on any atom is 0.0662 e. The van der Waals surface area contributed by atoms with Crippen LogP contribution in [0.3, 0.4) is 0 Å². The van der Waals surface area contributed by atoms with Gasteiger partial charge in [0.2, 0.25) is 0 Å². The van der Waals surface area contributed by atoms with E-state index in [2.05, 4.69) is 52.4 Å². The van der Waals surface area contributed by atoms with Gasteiger partial charge in [-0.3, -0.25) is 4.68 Å². The molecule has 0 atom stereocenters. The molecule has 0 unspecified atom stereocenters. The molecule has 3 rings (SSSR count). The molecule has 1 heterocycles. The summed E-state index contributed by atoms with van der Waals surface area (Å²) in [6.45, 7) is 4.08. The molecular weight excluding hydrogens is 246 g/mol. The Hall–Kier alpha value is -1.61. The molecule has 106 valence electrons. The Labute approximate surface area is 121 Å². The highest BCUT2D eigenvalue weighted by Crippen LogP contribution is 2.20. The highest BCUT2D eigenvalue weighted by atomic mass is 15.3. The van der Waals surface area contributed by atoms with Crippen molar-refractivity contribution < 1.29 is 0 Å². The van der Waals surface area contributed by atoms with Crippen LogP contribution in [0.4, 0.5) is 0 Å². The predicted molar refractivity (Wildman–Crippen MR) is 81.6 cm³/mol. The normalized spacial score (nSPS) is 14.7. The molecule has 0 saturated heterocycles. The molecule has 1 aromatic carbocycles. The van der Waals surface area contributed by atoms with Gasteiger partial charge in [-0.05, 0) is 24.8 Å². The van der Waals surface area contributed by atoms with E-state index in [0.717, 1.165) is 32.0 Å². The second kappa shape index (κ2) is 6.23. The van der Waals surface area contributed by atoms with Crippen LogP contribution in [0.5, 0.6) is 0 Å². The van der Waals surface area contributed by atoms with Crippen molar-refractivity contribution in [3.63, 3.8) is 0 Å². The molecule has 0 bridgehead atoms. The lowest BCUT2D eigenvalue weighted by atomic mass is 10.1. The highest BCUT2D eigenvalue weighted by molar-refractivity contribution is 5.21. The zero-order valence-corrected chi connectivity index (χ0v) is 12.2. The van der Waals surface area contributed by atoms with E-state index in [0.29, 0.717) is 0 Å². The largest absolute Gasteiger partial charge is 0.310 e. The molecule has 0 aliphatic heterocycles. The topological polar surface area (TPSA) is 29.9 Å². The molecule has 2 aromatic rings. The number of benzene rings is 1. The van der Waals surface area contributed by atoms with Crippen molar-refractivity contribution in [2.45, 2.75) is 51.7 Å². The van der Waals surface area contributed by atoms with Crippen LogP contribution in [-0.4, -0.2) is 15.8 Å². The third kappa shape index (κ3) is 3.28. The maximum atomic E-state index is 4.61. The van der Waals surface area contributed by atoms with Gasteiger partial charge in [-0.15, -0.1) is 0 Å². The molecule has 1 aliphatic rings. The van der Waals surface area contributed by atoms with E-state index in [1.54, 1.807) is 0 Å². The standard InChI is InChI=1S/C17H23N3/c1-2-6-17-15(11-18-16-9-10-16)12-19-20(17)13-14-7-4-3-5-8-14/h3-5,7-8,12,16,18H,2,6,9-11,13H2,1H3. The third-order valence-corrected chi connectivity index (χ3v) is 3.86. The Morgan fingerprint density at radius 3 is 2.75 bits per heavy atom. The van der Waals surface area contributed by atoms with Gasteiger partial charge in [0.25, 0.3) is 0 Å². The van der Waals surface area contributed by atoms with Gasteiger partial charge in [0.15, 0.2) is 0 Å². The van der Waals surface area contributed by atoms with Gasteiger partial charge in [0.05, 0.1) is 12.7 Å². The van der Waals surface area contributed by atoms with Crippen molar-refractivity contribution in [1.29, 1.82) is 0 Å². The fourth-order valence-corrected chi connectivity index (χ4v) is 2.56.